The molecule has 1 aliphatic rings. The first-order valence-electron chi connectivity index (χ1n) is 7.24. The number of fused-ring (bicyclic) bond motifs is 1. The van der Waals surface area contributed by atoms with Gasteiger partial charge in [0.1, 0.15) is 0 Å². The van der Waals surface area contributed by atoms with E-state index < -0.39 is 5.76 Å². The zero-order valence-corrected chi connectivity index (χ0v) is 11.6. The zero-order valence-electron chi connectivity index (χ0n) is 11.6. The second-order valence-corrected chi connectivity index (χ2v) is 5.25. The molecule has 1 aromatic heterocycles. The minimum absolute atomic E-state index is 0.229. The fourth-order valence-corrected chi connectivity index (χ4v) is 2.86. The maximum absolute atomic E-state index is 11.2. The molecular formula is C15H20N2O3. The average molecular weight is 276 g/mol. The van der Waals surface area contributed by atoms with E-state index in [-0.39, 0.29) is 6.04 Å². The summed E-state index contributed by atoms with van der Waals surface area (Å²) in [6, 6.07) is 6.11. The minimum Gasteiger partial charge on any atom is -0.408 e. The van der Waals surface area contributed by atoms with Crippen molar-refractivity contribution in [2.75, 3.05) is 13.2 Å². The Morgan fingerprint density at radius 1 is 1.50 bits per heavy atom. The van der Waals surface area contributed by atoms with Crippen molar-refractivity contribution >= 4 is 11.1 Å². The fraction of sp³-hybridized carbons (Fsp3) is 0.533. The molecule has 2 heterocycles. The second-order valence-electron chi connectivity index (χ2n) is 5.25. The number of oxazole rings is 1. The molecule has 0 aliphatic carbocycles. The van der Waals surface area contributed by atoms with Gasteiger partial charge in [-0.25, -0.2) is 4.79 Å². The number of hydrogen-bond acceptors (Lipinski definition) is 4. The molecule has 1 aliphatic heterocycles. The monoisotopic (exact) mass is 276 g/mol. The molecule has 0 bridgehead atoms. The van der Waals surface area contributed by atoms with Crippen LogP contribution in [0.5, 0.6) is 0 Å². The lowest BCUT2D eigenvalue weighted by Crippen LogP contribution is -2.25. The van der Waals surface area contributed by atoms with Crippen LogP contribution in [0.2, 0.25) is 0 Å². The molecule has 1 aromatic carbocycles. The molecule has 5 heteroatoms. The fourth-order valence-electron chi connectivity index (χ4n) is 2.86. The molecule has 0 saturated carbocycles. The molecule has 2 atom stereocenters. The van der Waals surface area contributed by atoms with Gasteiger partial charge in [-0.3, -0.25) is 4.98 Å². The van der Waals surface area contributed by atoms with Crippen LogP contribution in [-0.4, -0.2) is 24.2 Å². The van der Waals surface area contributed by atoms with Gasteiger partial charge in [-0.2, -0.15) is 0 Å². The first-order valence-corrected chi connectivity index (χ1v) is 7.24. The van der Waals surface area contributed by atoms with Crippen molar-refractivity contribution in [2.45, 2.75) is 38.3 Å². The van der Waals surface area contributed by atoms with Gasteiger partial charge < -0.3 is 14.5 Å². The quantitative estimate of drug-likeness (QED) is 0.879. The van der Waals surface area contributed by atoms with Crippen LogP contribution in [0.1, 0.15) is 37.8 Å². The molecule has 0 radical (unpaired) electrons. The third-order valence-electron chi connectivity index (χ3n) is 3.82. The average Bonchev–Trinajstić information content (AvgIpc) is 3.05. The lowest BCUT2D eigenvalue weighted by molar-refractivity contribution is 0.0947. The first kappa shape index (κ1) is 13.4. The van der Waals surface area contributed by atoms with Gasteiger partial charge in [-0.05, 0) is 43.5 Å². The summed E-state index contributed by atoms with van der Waals surface area (Å²) in [4.78, 5) is 13.9. The van der Waals surface area contributed by atoms with E-state index in [1.807, 2.05) is 18.2 Å². The van der Waals surface area contributed by atoms with Gasteiger partial charge in [-0.1, -0.05) is 13.0 Å². The summed E-state index contributed by atoms with van der Waals surface area (Å²) < 4.78 is 10.9. The van der Waals surface area contributed by atoms with Gasteiger partial charge in [0.25, 0.3) is 0 Å². The molecule has 0 amide bonds. The van der Waals surface area contributed by atoms with Crippen LogP contribution in [0.3, 0.4) is 0 Å². The number of hydrogen-bond donors (Lipinski definition) is 2. The Morgan fingerprint density at radius 3 is 3.15 bits per heavy atom. The molecule has 3 rings (SSSR count). The van der Waals surface area contributed by atoms with Crippen molar-refractivity contribution < 1.29 is 9.15 Å². The lowest BCUT2D eigenvalue weighted by atomic mass is 9.99. The van der Waals surface area contributed by atoms with E-state index in [9.17, 15) is 4.79 Å². The summed E-state index contributed by atoms with van der Waals surface area (Å²) in [6.07, 6.45) is 3.56. The van der Waals surface area contributed by atoms with E-state index >= 15 is 0 Å². The third kappa shape index (κ3) is 2.78. The van der Waals surface area contributed by atoms with Crippen LogP contribution in [0.15, 0.2) is 27.4 Å². The van der Waals surface area contributed by atoms with Crippen LogP contribution in [0, 0.1) is 0 Å². The number of benzene rings is 1. The summed E-state index contributed by atoms with van der Waals surface area (Å²) in [6.45, 7) is 3.86. The molecule has 5 nitrogen and oxygen atoms in total. The SMILES string of the molecule is CCNC(CC1CCCO1)c1ccc2[nH]c(=O)oc2c1. The summed E-state index contributed by atoms with van der Waals surface area (Å²) in [7, 11) is 0. The number of aromatic amines is 1. The normalized spacial score (nSPS) is 20.6. The second kappa shape index (κ2) is 5.81. The summed E-state index contributed by atoms with van der Waals surface area (Å²) in [5, 5.41) is 3.49. The highest BCUT2D eigenvalue weighted by Crippen LogP contribution is 2.26. The maximum atomic E-state index is 11.2. The van der Waals surface area contributed by atoms with Crippen molar-refractivity contribution in [1.82, 2.24) is 10.3 Å². The Bertz CT molecular complexity index is 625. The molecule has 1 fully saturated rings. The van der Waals surface area contributed by atoms with Crippen molar-refractivity contribution in [1.29, 1.82) is 0 Å². The Labute approximate surface area is 117 Å². The minimum atomic E-state index is -0.406. The molecule has 2 unspecified atom stereocenters. The highest BCUT2D eigenvalue weighted by atomic mass is 16.5. The van der Waals surface area contributed by atoms with Crippen molar-refractivity contribution in [3.05, 3.63) is 34.3 Å². The molecule has 1 saturated heterocycles. The van der Waals surface area contributed by atoms with E-state index in [0.29, 0.717) is 11.7 Å². The number of aromatic nitrogens is 1. The number of nitrogens with one attached hydrogen (secondary N) is 2. The van der Waals surface area contributed by atoms with Crippen molar-refractivity contribution in [2.24, 2.45) is 0 Å². The molecule has 108 valence electrons. The van der Waals surface area contributed by atoms with Gasteiger partial charge in [0.2, 0.25) is 0 Å². The Balaban J connectivity index is 1.85. The zero-order chi connectivity index (χ0) is 13.9. The predicted octanol–water partition coefficient (Wildman–Crippen LogP) is 2.34. The van der Waals surface area contributed by atoms with E-state index in [2.05, 4.69) is 17.2 Å². The highest BCUT2D eigenvalue weighted by Gasteiger charge is 2.22. The van der Waals surface area contributed by atoms with Crippen molar-refractivity contribution in [3.63, 3.8) is 0 Å². The van der Waals surface area contributed by atoms with Gasteiger partial charge in [0, 0.05) is 12.6 Å². The Morgan fingerprint density at radius 2 is 2.40 bits per heavy atom. The standard InChI is InChI=1S/C15H20N2O3/c1-2-16-13(9-11-4-3-7-19-11)10-5-6-12-14(8-10)20-15(18)17-12/h5-6,8,11,13,16H,2-4,7,9H2,1H3,(H,17,18). The number of H-pyrrole nitrogens is 1. The summed E-state index contributed by atoms with van der Waals surface area (Å²) >= 11 is 0. The van der Waals surface area contributed by atoms with Crippen LogP contribution in [-0.2, 0) is 4.74 Å². The molecule has 2 N–H and O–H groups in total. The smallest absolute Gasteiger partial charge is 0.408 e. The van der Waals surface area contributed by atoms with E-state index in [4.69, 9.17) is 9.15 Å². The largest absolute Gasteiger partial charge is 0.417 e. The van der Waals surface area contributed by atoms with Gasteiger partial charge in [0.05, 0.1) is 11.6 Å². The molecule has 20 heavy (non-hydrogen) atoms. The highest BCUT2D eigenvalue weighted by molar-refractivity contribution is 5.72. The summed E-state index contributed by atoms with van der Waals surface area (Å²) in [5.41, 5.74) is 2.49. The Hall–Kier alpha value is -1.59. The topological polar surface area (TPSA) is 67.3 Å². The van der Waals surface area contributed by atoms with Crippen LogP contribution in [0.4, 0.5) is 0 Å². The third-order valence-corrected chi connectivity index (χ3v) is 3.82. The van der Waals surface area contributed by atoms with Crippen LogP contribution >= 0.6 is 0 Å². The maximum Gasteiger partial charge on any atom is 0.417 e. The van der Waals surface area contributed by atoms with Gasteiger partial charge in [-0.15, -0.1) is 0 Å². The lowest BCUT2D eigenvalue weighted by Gasteiger charge is -2.21. The van der Waals surface area contributed by atoms with Crippen LogP contribution < -0.4 is 11.1 Å². The van der Waals surface area contributed by atoms with Gasteiger partial charge in [0.15, 0.2) is 5.58 Å². The Kier molecular flexibility index (Phi) is 3.89. The van der Waals surface area contributed by atoms with Gasteiger partial charge >= 0.3 is 5.76 Å². The number of ether oxygens (including phenoxy) is 1. The van der Waals surface area contributed by atoms with E-state index in [1.54, 1.807) is 0 Å². The van der Waals surface area contributed by atoms with E-state index in [1.165, 1.54) is 0 Å². The van der Waals surface area contributed by atoms with Crippen molar-refractivity contribution in [3.8, 4) is 0 Å². The molecule has 0 spiro atoms. The number of rotatable bonds is 5. The first-order chi connectivity index (χ1) is 9.76. The van der Waals surface area contributed by atoms with Crippen LogP contribution in [0.25, 0.3) is 11.1 Å². The summed E-state index contributed by atoms with van der Waals surface area (Å²) in [5.74, 6) is -0.406. The van der Waals surface area contributed by atoms with E-state index in [0.717, 1.165) is 43.5 Å². The predicted molar refractivity (Wildman–Crippen MR) is 76.8 cm³/mol. The molecular weight excluding hydrogens is 256 g/mol. The molecule has 2 aromatic rings.